The zero-order chi connectivity index (χ0) is 7.56. The van der Waals surface area contributed by atoms with Gasteiger partial charge in [-0.05, 0) is 38.1 Å². The smallest absolute Gasteiger partial charge is 0.00414 e. The van der Waals surface area contributed by atoms with Gasteiger partial charge in [0.05, 0.1) is 0 Å². The lowest BCUT2D eigenvalue weighted by atomic mass is 9.84. The van der Waals surface area contributed by atoms with Crippen LogP contribution in [0.2, 0.25) is 0 Å². The molecule has 1 saturated heterocycles. The van der Waals surface area contributed by atoms with Gasteiger partial charge in [-0.1, -0.05) is 13.8 Å². The van der Waals surface area contributed by atoms with E-state index in [4.69, 9.17) is 0 Å². The standard InChI is InChI=1S/C9H19N/c1-7(2)9-4-5-10-8(3)6-9/h7-10H,4-6H2,1-3H3/t8-,9?/m0/s1. The molecular weight excluding hydrogens is 122 g/mol. The van der Waals surface area contributed by atoms with Crippen LogP contribution in [0.25, 0.3) is 0 Å². The van der Waals surface area contributed by atoms with E-state index in [1.54, 1.807) is 0 Å². The Hall–Kier alpha value is -0.0400. The van der Waals surface area contributed by atoms with Gasteiger partial charge in [0, 0.05) is 6.04 Å². The van der Waals surface area contributed by atoms with E-state index in [1.807, 2.05) is 0 Å². The molecule has 0 aliphatic carbocycles. The molecule has 1 unspecified atom stereocenters. The van der Waals surface area contributed by atoms with E-state index < -0.39 is 0 Å². The van der Waals surface area contributed by atoms with Gasteiger partial charge in [-0.3, -0.25) is 0 Å². The van der Waals surface area contributed by atoms with Gasteiger partial charge in [-0.2, -0.15) is 0 Å². The molecule has 1 N–H and O–H groups in total. The Balaban J connectivity index is 2.32. The van der Waals surface area contributed by atoms with Gasteiger partial charge in [0.25, 0.3) is 0 Å². The highest BCUT2D eigenvalue weighted by molar-refractivity contribution is 4.76. The average molecular weight is 141 g/mol. The summed E-state index contributed by atoms with van der Waals surface area (Å²) in [5.41, 5.74) is 0. The maximum atomic E-state index is 3.47. The van der Waals surface area contributed by atoms with Crippen LogP contribution in [-0.2, 0) is 0 Å². The van der Waals surface area contributed by atoms with Gasteiger partial charge in [0.1, 0.15) is 0 Å². The number of rotatable bonds is 1. The first kappa shape index (κ1) is 8.06. The van der Waals surface area contributed by atoms with E-state index in [9.17, 15) is 0 Å². The summed E-state index contributed by atoms with van der Waals surface area (Å²) >= 11 is 0. The van der Waals surface area contributed by atoms with Crippen molar-refractivity contribution < 1.29 is 0 Å². The number of piperidine rings is 1. The topological polar surface area (TPSA) is 12.0 Å². The van der Waals surface area contributed by atoms with E-state index in [1.165, 1.54) is 19.4 Å². The first-order valence-corrected chi connectivity index (χ1v) is 4.43. The summed E-state index contributed by atoms with van der Waals surface area (Å²) < 4.78 is 0. The Morgan fingerprint density at radius 2 is 2.10 bits per heavy atom. The maximum absolute atomic E-state index is 3.47. The van der Waals surface area contributed by atoms with Crippen molar-refractivity contribution in [3.8, 4) is 0 Å². The minimum atomic E-state index is 0.751. The summed E-state index contributed by atoms with van der Waals surface area (Å²) in [5, 5.41) is 3.47. The largest absolute Gasteiger partial charge is 0.314 e. The number of nitrogens with one attached hydrogen (secondary N) is 1. The van der Waals surface area contributed by atoms with E-state index >= 15 is 0 Å². The fourth-order valence-corrected chi connectivity index (χ4v) is 1.78. The molecule has 1 aliphatic heterocycles. The third-order valence-electron chi connectivity index (χ3n) is 2.61. The van der Waals surface area contributed by atoms with Gasteiger partial charge in [0.15, 0.2) is 0 Å². The molecule has 60 valence electrons. The van der Waals surface area contributed by atoms with Crippen LogP contribution in [0.5, 0.6) is 0 Å². The molecule has 0 aromatic carbocycles. The Morgan fingerprint density at radius 3 is 2.50 bits per heavy atom. The van der Waals surface area contributed by atoms with E-state index in [-0.39, 0.29) is 0 Å². The number of hydrogen-bond donors (Lipinski definition) is 1. The van der Waals surface area contributed by atoms with Crippen molar-refractivity contribution in [3.05, 3.63) is 0 Å². The zero-order valence-corrected chi connectivity index (χ0v) is 7.35. The monoisotopic (exact) mass is 141 g/mol. The quantitative estimate of drug-likeness (QED) is 0.589. The second kappa shape index (κ2) is 3.38. The molecule has 1 fully saturated rings. The molecule has 1 heterocycles. The normalized spacial score (nSPS) is 34.8. The fraction of sp³-hybridized carbons (Fsp3) is 1.00. The lowest BCUT2D eigenvalue weighted by molar-refractivity contribution is 0.252. The van der Waals surface area contributed by atoms with Gasteiger partial charge in [-0.15, -0.1) is 0 Å². The van der Waals surface area contributed by atoms with Crippen LogP contribution < -0.4 is 5.32 Å². The van der Waals surface area contributed by atoms with Crippen molar-refractivity contribution in [1.82, 2.24) is 5.32 Å². The summed E-state index contributed by atoms with van der Waals surface area (Å²) in [6.45, 7) is 8.18. The second-order valence-corrected chi connectivity index (χ2v) is 3.88. The maximum Gasteiger partial charge on any atom is 0.00414 e. The Bertz CT molecular complexity index is 98.9. The van der Waals surface area contributed by atoms with Crippen molar-refractivity contribution in [2.75, 3.05) is 6.54 Å². The van der Waals surface area contributed by atoms with Crippen LogP contribution >= 0.6 is 0 Å². The second-order valence-electron chi connectivity index (χ2n) is 3.88. The van der Waals surface area contributed by atoms with Crippen molar-refractivity contribution in [3.63, 3.8) is 0 Å². The van der Waals surface area contributed by atoms with Gasteiger partial charge in [-0.25, -0.2) is 0 Å². The molecular formula is C9H19N. The van der Waals surface area contributed by atoms with Gasteiger partial charge >= 0.3 is 0 Å². The minimum Gasteiger partial charge on any atom is -0.314 e. The number of hydrogen-bond acceptors (Lipinski definition) is 1. The van der Waals surface area contributed by atoms with E-state index in [0.29, 0.717) is 0 Å². The van der Waals surface area contributed by atoms with E-state index in [2.05, 4.69) is 26.1 Å². The predicted molar refractivity (Wildman–Crippen MR) is 45.0 cm³/mol. The molecule has 1 heteroatoms. The van der Waals surface area contributed by atoms with Crippen molar-refractivity contribution in [2.45, 2.75) is 39.7 Å². The third kappa shape index (κ3) is 1.98. The van der Waals surface area contributed by atoms with Crippen molar-refractivity contribution in [1.29, 1.82) is 0 Å². The van der Waals surface area contributed by atoms with Crippen LogP contribution in [0, 0.1) is 11.8 Å². The molecule has 1 nitrogen and oxygen atoms in total. The summed E-state index contributed by atoms with van der Waals surface area (Å²) in [6, 6.07) is 0.751. The summed E-state index contributed by atoms with van der Waals surface area (Å²) in [4.78, 5) is 0. The molecule has 1 aliphatic rings. The van der Waals surface area contributed by atoms with Crippen LogP contribution in [0.1, 0.15) is 33.6 Å². The van der Waals surface area contributed by atoms with Crippen molar-refractivity contribution in [2.24, 2.45) is 11.8 Å². The van der Waals surface area contributed by atoms with Crippen molar-refractivity contribution >= 4 is 0 Å². The van der Waals surface area contributed by atoms with Crippen LogP contribution in [0.4, 0.5) is 0 Å². The summed E-state index contributed by atoms with van der Waals surface area (Å²) in [6.07, 6.45) is 2.75. The van der Waals surface area contributed by atoms with Crippen LogP contribution in [0.3, 0.4) is 0 Å². The molecule has 0 saturated carbocycles. The highest BCUT2D eigenvalue weighted by Gasteiger charge is 2.20. The third-order valence-corrected chi connectivity index (χ3v) is 2.61. The first-order valence-electron chi connectivity index (χ1n) is 4.43. The summed E-state index contributed by atoms with van der Waals surface area (Å²) in [5.74, 6) is 1.85. The summed E-state index contributed by atoms with van der Waals surface area (Å²) in [7, 11) is 0. The Kier molecular flexibility index (Phi) is 2.72. The lowest BCUT2D eigenvalue weighted by Gasteiger charge is -2.30. The molecule has 0 spiro atoms. The van der Waals surface area contributed by atoms with E-state index in [0.717, 1.165) is 17.9 Å². The SMILES string of the molecule is CC(C)C1CCN[C@@H](C)C1. The molecule has 0 amide bonds. The molecule has 10 heavy (non-hydrogen) atoms. The van der Waals surface area contributed by atoms with Gasteiger partial charge in [0.2, 0.25) is 0 Å². The predicted octanol–water partition coefficient (Wildman–Crippen LogP) is 2.03. The molecule has 1 rings (SSSR count). The molecule has 0 aromatic rings. The minimum absolute atomic E-state index is 0.751. The average Bonchev–Trinajstić information content (AvgIpc) is 1.88. The zero-order valence-electron chi connectivity index (χ0n) is 7.35. The molecule has 2 atom stereocenters. The van der Waals surface area contributed by atoms with Crippen LogP contribution in [-0.4, -0.2) is 12.6 Å². The highest BCUT2D eigenvalue weighted by Crippen LogP contribution is 2.23. The molecule has 0 radical (unpaired) electrons. The molecule has 0 bridgehead atoms. The Morgan fingerprint density at radius 1 is 1.40 bits per heavy atom. The lowest BCUT2D eigenvalue weighted by Crippen LogP contribution is -2.37. The van der Waals surface area contributed by atoms with Gasteiger partial charge < -0.3 is 5.32 Å². The molecule has 0 aromatic heterocycles. The Labute approximate surface area is 64.2 Å². The first-order chi connectivity index (χ1) is 4.70. The highest BCUT2D eigenvalue weighted by atomic mass is 14.9. The van der Waals surface area contributed by atoms with Crippen LogP contribution in [0.15, 0.2) is 0 Å². The fourth-order valence-electron chi connectivity index (χ4n) is 1.78.